The summed E-state index contributed by atoms with van der Waals surface area (Å²) in [5.41, 5.74) is 1.36. The van der Waals surface area contributed by atoms with Gasteiger partial charge in [-0.1, -0.05) is 71.2 Å². The van der Waals surface area contributed by atoms with Crippen molar-refractivity contribution in [2.75, 3.05) is 0 Å². The van der Waals surface area contributed by atoms with Gasteiger partial charge in [-0.3, -0.25) is 14.4 Å². The normalized spacial score (nSPS) is 22.2. The summed E-state index contributed by atoms with van der Waals surface area (Å²) in [6, 6.07) is 11.4. The highest BCUT2D eigenvalue weighted by Gasteiger charge is 2.57. The molecule has 5 rings (SSSR count). The SMILES string of the molecule is CC(=O)OC1C=CC=C(C(Cn2ccnc2)c2ccc(Cl)cc2Cl)C1(Cl)N1C(=O)S/C(=C\c2ccccc2O)C1=O. The molecule has 3 atom stereocenters. The standard InChI is InChI=1S/C29H22Cl3N3O5S/c1-17(36)40-26-8-4-6-22(21(15-34-12-11-33-16-34)20-10-9-19(30)14-23(20)31)29(26,32)35-27(38)25(41-28(35)39)13-18-5-2-3-7-24(18)37/h2-14,16,21,26,37H,15H2,1H3/b25-13-. The maximum absolute atomic E-state index is 13.9. The molecule has 0 radical (unpaired) electrons. The van der Waals surface area contributed by atoms with E-state index in [1.165, 1.54) is 25.1 Å². The highest BCUT2D eigenvalue weighted by atomic mass is 35.5. The minimum absolute atomic E-state index is 0.0442. The van der Waals surface area contributed by atoms with Gasteiger partial charge in [0, 0.05) is 47.4 Å². The molecule has 1 N–H and O–H groups in total. The van der Waals surface area contributed by atoms with E-state index in [0.717, 1.165) is 4.90 Å². The number of ether oxygens (including phenoxy) is 1. The number of benzene rings is 2. The summed E-state index contributed by atoms with van der Waals surface area (Å²) in [5, 5.41) is 10.3. The molecule has 1 aliphatic carbocycles. The second-order valence-corrected chi connectivity index (χ2v) is 11.7. The minimum Gasteiger partial charge on any atom is -0.507 e. The number of imidazole rings is 1. The molecule has 2 aliphatic rings. The van der Waals surface area contributed by atoms with Gasteiger partial charge in [0.25, 0.3) is 11.1 Å². The number of hydrogen-bond acceptors (Lipinski definition) is 7. The maximum Gasteiger partial charge on any atom is 0.303 e. The fourth-order valence-electron chi connectivity index (χ4n) is 4.83. The van der Waals surface area contributed by atoms with E-state index < -0.39 is 34.1 Å². The highest BCUT2D eigenvalue weighted by molar-refractivity contribution is 8.18. The number of alkyl halides is 1. The zero-order valence-corrected chi connectivity index (χ0v) is 24.5. The van der Waals surface area contributed by atoms with Crippen LogP contribution in [-0.4, -0.2) is 47.8 Å². The number of para-hydroxylation sites is 1. The summed E-state index contributed by atoms with van der Waals surface area (Å²) >= 11 is 21.0. The smallest absolute Gasteiger partial charge is 0.303 e. The number of rotatable bonds is 7. The molecule has 2 heterocycles. The first-order valence-corrected chi connectivity index (χ1v) is 14.3. The van der Waals surface area contributed by atoms with Crippen molar-refractivity contribution in [1.82, 2.24) is 14.5 Å². The molecule has 3 aromatic rings. The van der Waals surface area contributed by atoms with E-state index in [1.54, 1.807) is 71.8 Å². The Morgan fingerprint density at radius 1 is 1.24 bits per heavy atom. The Hall–Kier alpha value is -3.50. The Balaban J connectivity index is 1.66. The Bertz CT molecular complexity index is 1620. The number of phenolic OH excluding ortho intramolecular Hbond substituents is 1. The molecule has 3 unspecified atom stereocenters. The van der Waals surface area contributed by atoms with Crippen LogP contribution in [0.25, 0.3) is 6.08 Å². The summed E-state index contributed by atoms with van der Waals surface area (Å²) in [6.45, 7) is 1.49. The fraction of sp³-hybridized carbons (Fsp3) is 0.172. The van der Waals surface area contributed by atoms with Crippen molar-refractivity contribution in [1.29, 1.82) is 0 Å². The van der Waals surface area contributed by atoms with Gasteiger partial charge in [-0.05, 0) is 53.2 Å². The molecule has 2 amide bonds. The largest absolute Gasteiger partial charge is 0.507 e. The zero-order chi connectivity index (χ0) is 29.3. The quantitative estimate of drug-likeness (QED) is 0.133. The van der Waals surface area contributed by atoms with Crippen molar-refractivity contribution < 1.29 is 24.2 Å². The average molecular weight is 631 g/mol. The van der Waals surface area contributed by atoms with Crippen LogP contribution in [0, 0.1) is 0 Å². The van der Waals surface area contributed by atoms with E-state index in [2.05, 4.69) is 4.98 Å². The van der Waals surface area contributed by atoms with Gasteiger partial charge in [-0.25, -0.2) is 9.88 Å². The third-order valence-electron chi connectivity index (χ3n) is 6.64. The molecule has 12 heteroatoms. The molecule has 41 heavy (non-hydrogen) atoms. The predicted molar refractivity (Wildman–Crippen MR) is 159 cm³/mol. The summed E-state index contributed by atoms with van der Waals surface area (Å²) < 4.78 is 7.41. The van der Waals surface area contributed by atoms with Crippen molar-refractivity contribution in [2.24, 2.45) is 0 Å². The molecule has 1 fully saturated rings. The third-order valence-corrected chi connectivity index (χ3v) is 8.68. The Morgan fingerprint density at radius 2 is 2.02 bits per heavy atom. The summed E-state index contributed by atoms with van der Waals surface area (Å²) in [4.78, 5) is 42.8. The van der Waals surface area contributed by atoms with Gasteiger partial charge in [0.2, 0.25) is 0 Å². The van der Waals surface area contributed by atoms with Crippen LogP contribution >= 0.6 is 46.6 Å². The van der Waals surface area contributed by atoms with E-state index in [9.17, 15) is 19.5 Å². The lowest BCUT2D eigenvalue weighted by atomic mass is 9.80. The number of phenols is 1. The zero-order valence-electron chi connectivity index (χ0n) is 21.4. The molecule has 8 nitrogen and oxygen atoms in total. The molecule has 0 bridgehead atoms. The van der Waals surface area contributed by atoms with E-state index in [4.69, 9.17) is 39.5 Å². The minimum atomic E-state index is -1.97. The molecule has 210 valence electrons. The van der Waals surface area contributed by atoms with Gasteiger partial charge < -0.3 is 14.4 Å². The second-order valence-electron chi connectivity index (χ2n) is 9.26. The van der Waals surface area contributed by atoms with Gasteiger partial charge in [-0.15, -0.1) is 0 Å². The number of carbonyl (C=O) groups excluding carboxylic acids is 3. The summed E-state index contributed by atoms with van der Waals surface area (Å²) in [5.74, 6) is -2.04. The van der Waals surface area contributed by atoms with Gasteiger partial charge in [0.05, 0.1) is 11.2 Å². The van der Waals surface area contributed by atoms with Crippen LogP contribution in [0.5, 0.6) is 5.75 Å². The molecule has 1 aliphatic heterocycles. The predicted octanol–water partition coefficient (Wildman–Crippen LogP) is 6.78. The first kappa shape index (κ1) is 29.0. The van der Waals surface area contributed by atoms with Crippen LogP contribution in [-0.2, 0) is 20.9 Å². The lowest BCUT2D eigenvalue weighted by Gasteiger charge is -2.44. The molecule has 1 saturated heterocycles. The molecular weight excluding hydrogens is 609 g/mol. The van der Waals surface area contributed by atoms with E-state index in [1.807, 2.05) is 0 Å². The van der Waals surface area contributed by atoms with Gasteiger partial charge in [0.15, 0.2) is 11.1 Å². The van der Waals surface area contributed by atoms with Crippen LogP contribution in [0.1, 0.15) is 24.0 Å². The Kier molecular flexibility index (Phi) is 8.33. The number of halogens is 3. The van der Waals surface area contributed by atoms with Crippen molar-refractivity contribution in [3.8, 4) is 5.75 Å². The van der Waals surface area contributed by atoms with Crippen molar-refractivity contribution in [2.45, 2.75) is 30.5 Å². The number of esters is 1. The second kappa shape index (κ2) is 11.8. The first-order valence-electron chi connectivity index (χ1n) is 12.3. The summed E-state index contributed by atoms with van der Waals surface area (Å²) in [6.07, 6.45) is 10.0. The Morgan fingerprint density at radius 3 is 2.71 bits per heavy atom. The summed E-state index contributed by atoms with van der Waals surface area (Å²) in [7, 11) is 0. The van der Waals surface area contributed by atoms with Gasteiger partial charge in [0.1, 0.15) is 5.75 Å². The molecule has 1 aromatic heterocycles. The fourth-order valence-corrected chi connectivity index (χ4v) is 6.76. The lowest BCUT2D eigenvalue weighted by molar-refractivity contribution is -0.148. The average Bonchev–Trinajstić information content (AvgIpc) is 3.53. The van der Waals surface area contributed by atoms with Crippen molar-refractivity contribution in [3.05, 3.63) is 111 Å². The number of carbonyl (C=O) groups is 3. The number of imide groups is 1. The van der Waals surface area contributed by atoms with Crippen molar-refractivity contribution >= 4 is 69.8 Å². The number of amides is 2. The topological polar surface area (TPSA) is 102 Å². The van der Waals surface area contributed by atoms with Crippen LogP contribution in [0.2, 0.25) is 10.0 Å². The maximum atomic E-state index is 13.9. The Labute approximate surface area is 254 Å². The van der Waals surface area contributed by atoms with E-state index in [-0.39, 0.29) is 17.2 Å². The highest BCUT2D eigenvalue weighted by Crippen LogP contribution is 2.51. The van der Waals surface area contributed by atoms with Crippen molar-refractivity contribution in [3.63, 3.8) is 0 Å². The third kappa shape index (κ3) is 5.67. The van der Waals surface area contributed by atoms with E-state index >= 15 is 0 Å². The van der Waals surface area contributed by atoms with Gasteiger partial charge in [-0.2, -0.15) is 0 Å². The lowest BCUT2D eigenvalue weighted by Crippen LogP contribution is -2.58. The number of aromatic hydroxyl groups is 1. The first-order chi connectivity index (χ1) is 19.6. The molecule has 0 spiro atoms. The number of thioether (sulfide) groups is 1. The van der Waals surface area contributed by atoms with Crippen LogP contribution < -0.4 is 0 Å². The number of allylic oxidation sites excluding steroid dienone is 2. The van der Waals surface area contributed by atoms with Gasteiger partial charge >= 0.3 is 5.97 Å². The molecule has 2 aromatic carbocycles. The number of aromatic nitrogens is 2. The monoisotopic (exact) mass is 629 g/mol. The van der Waals surface area contributed by atoms with Crippen LogP contribution in [0.15, 0.2) is 89.9 Å². The van der Waals surface area contributed by atoms with Crippen LogP contribution in [0.4, 0.5) is 4.79 Å². The van der Waals surface area contributed by atoms with E-state index in [0.29, 0.717) is 38.5 Å². The number of hydrogen-bond donors (Lipinski definition) is 1. The number of nitrogens with zero attached hydrogens (tertiary/aromatic N) is 3. The molecule has 0 saturated carbocycles. The molecular formula is C29H22Cl3N3O5S. The van der Waals surface area contributed by atoms with Crippen LogP contribution in [0.3, 0.4) is 0 Å².